The average molecular weight is 270 g/mol. The van der Waals surface area contributed by atoms with Crippen LogP contribution in [0.2, 0.25) is 0 Å². The van der Waals surface area contributed by atoms with Gasteiger partial charge in [0.25, 0.3) is 10.0 Å². The van der Waals surface area contributed by atoms with E-state index >= 15 is 0 Å². The van der Waals surface area contributed by atoms with E-state index in [-0.39, 0.29) is 5.03 Å². The molecule has 2 aromatic rings. The summed E-state index contributed by atoms with van der Waals surface area (Å²) in [4.78, 5) is 7.88. The second kappa shape index (κ2) is 4.50. The molecule has 0 aliphatic carbocycles. The standard InChI is InChI=1S/C9H14N6O2S/c1-6(9-10-5-11-13-9)14-18(16,17)8-4-15(3)7(2)12-8/h4-6,14H,1-3H3,(H,10,11,13). The minimum atomic E-state index is -3.66. The predicted molar refractivity (Wildman–Crippen MR) is 63.1 cm³/mol. The molecule has 1 atom stereocenters. The van der Waals surface area contributed by atoms with Gasteiger partial charge in [-0.1, -0.05) is 0 Å². The molecule has 0 spiro atoms. The maximum Gasteiger partial charge on any atom is 0.260 e. The van der Waals surface area contributed by atoms with Crippen molar-refractivity contribution >= 4 is 10.0 Å². The van der Waals surface area contributed by atoms with Crippen LogP contribution in [0.5, 0.6) is 0 Å². The van der Waals surface area contributed by atoms with E-state index in [0.29, 0.717) is 11.6 Å². The summed E-state index contributed by atoms with van der Waals surface area (Å²) in [6.07, 6.45) is 2.79. The molecule has 2 rings (SSSR count). The summed E-state index contributed by atoms with van der Waals surface area (Å²) in [5.41, 5.74) is 0. The number of sulfonamides is 1. The molecule has 9 heteroatoms. The van der Waals surface area contributed by atoms with E-state index in [9.17, 15) is 8.42 Å². The Balaban J connectivity index is 2.22. The maximum absolute atomic E-state index is 12.1. The van der Waals surface area contributed by atoms with Gasteiger partial charge in [-0.25, -0.2) is 18.4 Å². The van der Waals surface area contributed by atoms with Gasteiger partial charge in [0.1, 0.15) is 18.0 Å². The van der Waals surface area contributed by atoms with Crippen molar-refractivity contribution in [1.82, 2.24) is 29.5 Å². The van der Waals surface area contributed by atoms with Crippen LogP contribution >= 0.6 is 0 Å². The molecule has 0 aliphatic heterocycles. The molecule has 0 radical (unpaired) electrons. The van der Waals surface area contributed by atoms with Gasteiger partial charge >= 0.3 is 0 Å². The summed E-state index contributed by atoms with van der Waals surface area (Å²) in [5.74, 6) is 1.08. The minimum Gasteiger partial charge on any atom is -0.337 e. The third kappa shape index (κ3) is 2.41. The van der Waals surface area contributed by atoms with E-state index in [1.807, 2.05) is 0 Å². The molecule has 98 valence electrons. The molecule has 0 aromatic carbocycles. The molecule has 0 aliphatic rings. The molecule has 8 nitrogen and oxygen atoms in total. The summed E-state index contributed by atoms with van der Waals surface area (Å²) in [6, 6.07) is -0.500. The summed E-state index contributed by atoms with van der Waals surface area (Å²) in [7, 11) is -1.92. The fourth-order valence-electron chi connectivity index (χ4n) is 1.43. The Hall–Kier alpha value is -1.74. The van der Waals surface area contributed by atoms with Crippen LogP contribution in [-0.4, -0.2) is 33.2 Å². The molecule has 0 fully saturated rings. The van der Waals surface area contributed by atoms with Crippen molar-refractivity contribution in [1.29, 1.82) is 0 Å². The van der Waals surface area contributed by atoms with Crippen molar-refractivity contribution < 1.29 is 8.42 Å². The number of aromatic amines is 1. The van der Waals surface area contributed by atoms with Crippen molar-refractivity contribution in [3.05, 3.63) is 24.2 Å². The number of aromatic nitrogens is 5. The number of aryl methyl sites for hydroxylation is 2. The highest BCUT2D eigenvalue weighted by atomic mass is 32.2. The highest BCUT2D eigenvalue weighted by molar-refractivity contribution is 7.89. The zero-order valence-corrected chi connectivity index (χ0v) is 11.1. The largest absolute Gasteiger partial charge is 0.337 e. The van der Waals surface area contributed by atoms with Crippen LogP contribution in [0.1, 0.15) is 24.6 Å². The number of hydrogen-bond donors (Lipinski definition) is 2. The molecule has 0 amide bonds. The van der Waals surface area contributed by atoms with Crippen molar-refractivity contribution in [2.45, 2.75) is 24.9 Å². The lowest BCUT2D eigenvalue weighted by molar-refractivity contribution is 0.557. The number of hydrogen-bond acceptors (Lipinski definition) is 5. The number of H-pyrrole nitrogens is 1. The van der Waals surface area contributed by atoms with E-state index in [1.54, 1.807) is 25.5 Å². The van der Waals surface area contributed by atoms with E-state index in [2.05, 4.69) is 24.9 Å². The first-order valence-corrected chi connectivity index (χ1v) is 6.76. The van der Waals surface area contributed by atoms with Crippen LogP contribution in [0, 0.1) is 6.92 Å². The monoisotopic (exact) mass is 270 g/mol. The molecule has 0 bridgehead atoms. The maximum atomic E-state index is 12.1. The zero-order valence-electron chi connectivity index (χ0n) is 10.2. The highest BCUT2D eigenvalue weighted by Crippen LogP contribution is 2.12. The Morgan fingerprint density at radius 3 is 2.72 bits per heavy atom. The van der Waals surface area contributed by atoms with E-state index in [4.69, 9.17) is 0 Å². The zero-order chi connectivity index (χ0) is 13.3. The molecular formula is C9H14N6O2S. The topological polar surface area (TPSA) is 106 Å². The first-order chi connectivity index (χ1) is 8.40. The molecular weight excluding hydrogens is 256 g/mol. The van der Waals surface area contributed by atoms with Crippen molar-refractivity contribution in [2.24, 2.45) is 7.05 Å². The van der Waals surface area contributed by atoms with Gasteiger partial charge in [0.2, 0.25) is 0 Å². The number of nitrogens with one attached hydrogen (secondary N) is 2. The molecule has 0 saturated heterocycles. The Kier molecular flexibility index (Phi) is 3.18. The Labute approximate surface area is 105 Å². The summed E-state index contributed by atoms with van der Waals surface area (Å²) >= 11 is 0. The van der Waals surface area contributed by atoms with E-state index < -0.39 is 16.1 Å². The fourth-order valence-corrected chi connectivity index (χ4v) is 2.68. The van der Waals surface area contributed by atoms with Gasteiger partial charge in [-0.2, -0.15) is 9.82 Å². The number of nitrogens with zero attached hydrogens (tertiary/aromatic N) is 4. The van der Waals surface area contributed by atoms with Crippen molar-refractivity contribution in [2.75, 3.05) is 0 Å². The molecule has 1 unspecified atom stereocenters. The van der Waals surface area contributed by atoms with Gasteiger partial charge in [-0.15, -0.1) is 0 Å². The summed E-state index contributed by atoms with van der Waals surface area (Å²) in [5, 5.41) is 6.28. The second-order valence-corrected chi connectivity index (χ2v) is 5.61. The highest BCUT2D eigenvalue weighted by Gasteiger charge is 2.22. The predicted octanol–water partition coefficient (Wildman–Crippen LogP) is -0.114. The third-order valence-electron chi connectivity index (χ3n) is 2.54. The summed E-state index contributed by atoms with van der Waals surface area (Å²) in [6.45, 7) is 3.41. The van der Waals surface area contributed by atoms with Gasteiger partial charge < -0.3 is 4.57 Å². The lowest BCUT2D eigenvalue weighted by Gasteiger charge is -2.09. The van der Waals surface area contributed by atoms with Crippen LogP contribution in [0.25, 0.3) is 0 Å². The quantitative estimate of drug-likeness (QED) is 0.806. The lowest BCUT2D eigenvalue weighted by atomic mass is 10.3. The number of imidazole rings is 1. The van der Waals surface area contributed by atoms with Gasteiger partial charge in [-0.05, 0) is 13.8 Å². The normalized spacial score (nSPS) is 13.7. The van der Waals surface area contributed by atoms with E-state index in [0.717, 1.165) is 0 Å². The molecule has 0 saturated carbocycles. The smallest absolute Gasteiger partial charge is 0.260 e. The average Bonchev–Trinajstić information content (AvgIpc) is 2.89. The van der Waals surface area contributed by atoms with Gasteiger partial charge in [0.15, 0.2) is 5.03 Å². The Morgan fingerprint density at radius 2 is 2.22 bits per heavy atom. The van der Waals surface area contributed by atoms with Crippen LogP contribution in [0.4, 0.5) is 0 Å². The third-order valence-corrected chi connectivity index (χ3v) is 3.95. The fraction of sp³-hybridized carbons (Fsp3) is 0.444. The first-order valence-electron chi connectivity index (χ1n) is 5.27. The van der Waals surface area contributed by atoms with Gasteiger partial charge in [0, 0.05) is 13.2 Å². The van der Waals surface area contributed by atoms with Gasteiger partial charge in [-0.3, -0.25) is 5.10 Å². The number of rotatable bonds is 4. The second-order valence-electron chi connectivity index (χ2n) is 3.95. The van der Waals surface area contributed by atoms with Gasteiger partial charge in [0.05, 0.1) is 6.04 Å². The SMILES string of the molecule is Cc1nc(S(=O)(=O)NC(C)c2ncn[nH]2)cn1C. The molecule has 2 N–H and O–H groups in total. The lowest BCUT2D eigenvalue weighted by Crippen LogP contribution is -2.28. The van der Waals surface area contributed by atoms with Crippen LogP contribution in [-0.2, 0) is 17.1 Å². The Morgan fingerprint density at radius 1 is 1.50 bits per heavy atom. The van der Waals surface area contributed by atoms with Crippen LogP contribution < -0.4 is 4.72 Å². The van der Waals surface area contributed by atoms with Crippen LogP contribution in [0.15, 0.2) is 17.6 Å². The molecule has 18 heavy (non-hydrogen) atoms. The first kappa shape index (κ1) is 12.7. The Bertz CT molecular complexity index is 611. The van der Waals surface area contributed by atoms with E-state index in [1.165, 1.54) is 12.5 Å². The van der Waals surface area contributed by atoms with Crippen LogP contribution in [0.3, 0.4) is 0 Å². The van der Waals surface area contributed by atoms with Crippen molar-refractivity contribution in [3.8, 4) is 0 Å². The van der Waals surface area contributed by atoms with Crippen molar-refractivity contribution in [3.63, 3.8) is 0 Å². The molecule has 2 heterocycles. The minimum absolute atomic E-state index is 0.00568. The summed E-state index contributed by atoms with van der Waals surface area (Å²) < 4.78 is 28.2. The molecule has 2 aromatic heterocycles.